The molecule has 0 spiro atoms. The fourth-order valence-electron chi connectivity index (χ4n) is 1.46. The highest BCUT2D eigenvalue weighted by molar-refractivity contribution is 6.04. The molecule has 0 bridgehead atoms. The van der Waals surface area contributed by atoms with Crippen LogP contribution >= 0.6 is 0 Å². The molecule has 2 aromatic rings. The molecule has 0 amide bonds. The zero-order valence-electron chi connectivity index (χ0n) is 11.4. The molecule has 0 aliphatic carbocycles. The minimum Gasteiger partial charge on any atom is -0.411 e. The third-order valence-electron chi connectivity index (χ3n) is 2.59. The second-order valence-electron chi connectivity index (χ2n) is 3.99. The van der Waals surface area contributed by atoms with Gasteiger partial charge in [0, 0.05) is 5.56 Å². The number of hydrogen-bond donors (Lipinski definition) is 1. The summed E-state index contributed by atoms with van der Waals surface area (Å²) < 4.78 is 0. The summed E-state index contributed by atoms with van der Waals surface area (Å²) in [5.41, 5.74) is 2.28. The van der Waals surface area contributed by atoms with Crippen LogP contribution in [-0.2, 0) is 0 Å². The number of hydrogen-bond acceptors (Lipinski definition) is 3. The lowest BCUT2D eigenvalue weighted by Gasteiger charge is -1.94. The van der Waals surface area contributed by atoms with Crippen LogP contribution in [0.15, 0.2) is 78.5 Å². The van der Waals surface area contributed by atoms with Crippen molar-refractivity contribution < 1.29 is 10.0 Å². The van der Waals surface area contributed by atoms with Gasteiger partial charge in [-0.15, -0.1) is 0 Å². The Hall–Kier alpha value is -2.68. The van der Waals surface area contributed by atoms with E-state index in [-0.39, 0.29) is 5.78 Å². The van der Waals surface area contributed by atoms with Crippen molar-refractivity contribution in [3.05, 3.63) is 84.4 Å². The van der Waals surface area contributed by atoms with Crippen molar-refractivity contribution in [2.75, 3.05) is 0 Å². The van der Waals surface area contributed by atoms with E-state index in [4.69, 9.17) is 5.21 Å². The van der Waals surface area contributed by atoms with Gasteiger partial charge in [-0.2, -0.15) is 0 Å². The van der Waals surface area contributed by atoms with E-state index >= 15 is 0 Å². The predicted molar refractivity (Wildman–Crippen MR) is 81.4 cm³/mol. The molecule has 0 atom stereocenters. The van der Waals surface area contributed by atoms with Gasteiger partial charge in [0.15, 0.2) is 5.78 Å². The van der Waals surface area contributed by atoms with E-state index in [9.17, 15) is 4.79 Å². The van der Waals surface area contributed by atoms with E-state index in [0.29, 0.717) is 11.3 Å². The lowest BCUT2D eigenvalue weighted by Crippen LogP contribution is -1.92. The first-order valence-electron chi connectivity index (χ1n) is 6.15. The van der Waals surface area contributed by atoms with Crippen molar-refractivity contribution >= 4 is 11.5 Å². The van der Waals surface area contributed by atoms with Crippen LogP contribution < -0.4 is 0 Å². The predicted octanol–water partition coefficient (Wildman–Crippen LogP) is 3.94. The lowest BCUT2D eigenvalue weighted by atomic mass is 10.1. The quantitative estimate of drug-likeness (QED) is 0.301. The number of rotatable bonds is 3. The van der Waals surface area contributed by atoms with Gasteiger partial charge in [0.1, 0.15) is 0 Å². The first-order chi connectivity index (χ1) is 9.69. The maximum atomic E-state index is 10.9. The molecule has 0 aromatic heterocycles. The maximum Gasteiger partial charge on any atom is 0.185 e. The van der Waals surface area contributed by atoms with E-state index in [1.165, 1.54) is 6.08 Å². The largest absolute Gasteiger partial charge is 0.411 e. The van der Waals surface area contributed by atoms with Gasteiger partial charge in [-0.05, 0) is 18.6 Å². The third kappa shape index (κ3) is 4.90. The molecule has 102 valence electrons. The van der Waals surface area contributed by atoms with Crippen molar-refractivity contribution in [2.24, 2.45) is 5.16 Å². The number of carbonyl (C=O) groups is 1. The average Bonchev–Trinajstić information content (AvgIpc) is 2.55. The van der Waals surface area contributed by atoms with E-state index in [0.717, 1.165) is 5.56 Å². The minimum atomic E-state index is -0.0272. The molecular weight excluding hydrogens is 250 g/mol. The van der Waals surface area contributed by atoms with E-state index < -0.39 is 0 Å². The number of oxime groups is 1. The fourth-order valence-corrected chi connectivity index (χ4v) is 1.46. The van der Waals surface area contributed by atoms with Crippen LogP contribution in [0.4, 0.5) is 0 Å². The Balaban J connectivity index is 0.000000200. The summed E-state index contributed by atoms with van der Waals surface area (Å²) in [6, 6.07) is 18.6. The van der Waals surface area contributed by atoms with Crippen LogP contribution in [-0.4, -0.2) is 16.7 Å². The molecule has 1 N–H and O–H groups in total. The van der Waals surface area contributed by atoms with Crippen LogP contribution in [0.3, 0.4) is 0 Å². The highest BCUT2D eigenvalue weighted by Crippen LogP contribution is 1.99. The van der Waals surface area contributed by atoms with Gasteiger partial charge in [-0.1, -0.05) is 72.4 Å². The van der Waals surface area contributed by atoms with Gasteiger partial charge >= 0.3 is 0 Å². The number of allylic oxidation sites excluding steroid dienone is 1. The molecule has 0 heterocycles. The molecule has 2 rings (SSSR count). The molecule has 0 saturated carbocycles. The van der Waals surface area contributed by atoms with Crippen LogP contribution in [0.2, 0.25) is 0 Å². The molecular formula is C17H17NO2. The maximum absolute atomic E-state index is 10.9. The monoisotopic (exact) mass is 267 g/mol. The first-order valence-corrected chi connectivity index (χ1v) is 6.15. The van der Waals surface area contributed by atoms with E-state index in [1.807, 2.05) is 48.5 Å². The molecule has 0 aliphatic heterocycles. The average molecular weight is 267 g/mol. The Kier molecular flexibility index (Phi) is 6.48. The van der Waals surface area contributed by atoms with Crippen LogP contribution in [0.1, 0.15) is 22.8 Å². The summed E-state index contributed by atoms with van der Waals surface area (Å²) >= 11 is 0. The summed E-state index contributed by atoms with van der Waals surface area (Å²) in [5.74, 6) is -0.0272. The van der Waals surface area contributed by atoms with Gasteiger partial charge in [0.25, 0.3) is 0 Å². The number of nitrogens with zero attached hydrogens (tertiary/aromatic N) is 1. The van der Waals surface area contributed by atoms with Gasteiger partial charge in [-0.25, -0.2) is 0 Å². The Bertz CT molecular complexity index is 537. The molecule has 2 aromatic carbocycles. The summed E-state index contributed by atoms with van der Waals surface area (Å²) in [7, 11) is 0. The van der Waals surface area contributed by atoms with Crippen molar-refractivity contribution in [1.29, 1.82) is 0 Å². The highest BCUT2D eigenvalue weighted by Gasteiger charge is 1.96. The van der Waals surface area contributed by atoms with Crippen molar-refractivity contribution in [1.82, 2.24) is 0 Å². The van der Waals surface area contributed by atoms with Crippen LogP contribution in [0.25, 0.3) is 0 Å². The highest BCUT2D eigenvalue weighted by atomic mass is 16.4. The Morgan fingerprint density at radius 2 is 1.45 bits per heavy atom. The van der Waals surface area contributed by atoms with Crippen molar-refractivity contribution in [3.63, 3.8) is 0 Å². The topological polar surface area (TPSA) is 49.7 Å². The smallest absolute Gasteiger partial charge is 0.185 e. The van der Waals surface area contributed by atoms with Crippen molar-refractivity contribution in [2.45, 2.75) is 6.92 Å². The zero-order valence-corrected chi connectivity index (χ0v) is 11.4. The van der Waals surface area contributed by atoms with Crippen LogP contribution in [0, 0.1) is 0 Å². The van der Waals surface area contributed by atoms with Crippen molar-refractivity contribution in [3.8, 4) is 0 Å². The number of benzene rings is 2. The normalized spacial score (nSPS) is 10.2. The number of ketones is 1. The summed E-state index contributed by atoms with van der Waals surface area (Å²) in [5, 5.41) is 11.5. The molecule has 20 heavy (non-hydrogen) atoms. The van der Waals surface area contributed by atoms with Gasteiger partial charge in [-0.3, -0.25) is 4.79 Å². The Labute approximate surface area is 118 Å². The third-order valence-corrected chi connectivity index (χ3v) is 2.59. The van der Waals surface area contributed by atoms with Gasteiger partial charge in [0.2, 0.25) is 0 Å². The molecule has 0 fully saturated rings. The second-order valence-corrected chi connectivity index (χ2v) is 3.99. The van der Waals surface area contributed by atoms with Crippen LogP contribution in [0.5, 0.6) is 0 Å². The minimum absolute atomic E-state index is 0.0272. The Morgan fingerprint density at radius 1 is 1.00 bits per heavy atom. The SMILES string of the molecule is C=CC(=O)c1ccccc1.CC(=NO)c1ccccc1. The zero-order chi connectivity index (χ0) is 14.8. The van der Waals surface area contributed by atoms with Gasteiger partial charge in [0.05, 0.1) is 5.71 Å². The van der Waals surface area contributed by atoms with E-state index in [2.05, 4.69) is 11.7 Å². The molecule has 0 unspecified atom stereocenters. The Morgan fingerprint density at radius 3 is 1.85 bits per heavy atom. The first kappa shape index (κ1) is 15.4. The molecule has 0 saturated heterocycles. The molecule has 3 heteroatoms. The standard InChI is InChI=1S/C9H8O.C8H9NO/c1-2-9(10)8-6-4-3-5-7-8;1-7(9-10)8-5-3-2-4-6-8/h2-7H,1H2;2-6,10H,1H3. The lowest BCUT2D eigenvalue weighted by molar-refractivity contribution is 0.104. The molecule has 0 radical (unpaired) electrons. The molecule has 3 nitrogen and oxygen atoms in total. The fraction of sp³-hybridized carbons (Fsp3) is 0.0588. The van der Waals surface area contributed by atoms with E-state index in [1.54, 1.807) is 19.1 Å². The molecule has 0 aliphatic rings. The summed E-state index contributed by atoms with van der Waals surface area (Å²) in [6.45, 7) is 5.15. The summed E-state index contributed by atoms with van der Waals surface area (Å²) in [4.78, 5) is 10.9. The summed E-state index contributed by atoms with van der Waals surface area (Å²) in [6.07, 6.45) is 1.31. The van der Waals surface area contributed by atoms with Gasteiger partial charge < -0.3 is 5.21 Å². The second kappa shape index (κ2) is 8.43. The number of carbonyl (C=O) groups excluding carboxylic acids is 1.